The van der Waals surface area contributed by atoms with Gasteiger partial charge in [0.1, 0.15) is 0 Å². The van der Waals surface area contributed by atoms with Crippen molar-refractivity contribution in [3.05, 3.63) is 264 Å². The molecule has 13 rings (SSSR count). The van der Waals surface area contributed by atoms with E-state index in [1.807, 2.05) is 42.5 Å². The van der Waals surface area contributed by atoms with Gasteiger partial charge < -0.3 is 9.80 Å². The number of hydrogen-bond donors (Lipinski definition) is 0. The van der Waals surface area contributed by atoms with E-state index in [1.165, 1.54) is 71.4 Å². The van der Waals surface area contributed by atoms with E-state index in [9.17, 15) is 10.5 Å². The van der Waals surface area contributed by atoms with Gasteiger partial charge in [-0.1, -0.05) is 140 Å². The first-order valence-electron chi connectivity index (χ1n) is 22.6. The predicted molar refractivity (Wildman–Crippen MR) is 274 cm³/mol. The van der Waals surface area contributed by atoms with E-state index in [1.54, 1.807) is 0 Å². The molecule has 0 saturated carbocycles. The van der Waals surface area contributed by atoms with E-state index in [0.29, 0.717) is 11.1 Å². The number of anilines is 6. The summed E-state index contributed by atoms with van der Waals surface area (Å²) in [6.45, 7) is 0. The molecule has 0 aromatic heterocycles. The summed E-state index contributed by atoms with van der Waals surface area (Å²) in [5, 5.41) is 26.6. The van der Waals surface area contributed by atoms with Gasteiger partial charge in [-0.05, 0) is 162 Å². The van der Waals surface area contributed by atoms with E-state index in [-0.39, 0.29) is 0 Å². The first-order valence-corrected chi connectivity index (χ1v) is 22.6. The van der Waals surface area contributed by atoms with E-state index < -0.39 is 5.41 Å². The molecule has 0 heterocycles. The maximum absolute atomic E-state index is 9.85. The van der Waals surface area contributed by atoms with Crippen molar-refractivity contribution in [2.75, 3.05) is 9.80 Å². The van der Waals surface area contributed by atoms with Crippen LogP contribution in [0.25, 0.3) is 54.6 Å². The van der Waals surface area contributed by atoms with Crippen molar-refractivity contribution in [1.82, 2.24) is 0 Å². The average molecular weight is 851 g/mol. The second-order valence-electron chi connectivity index (χ2n) is 17.4. The molecule has 4 heteroatoms. The Morgan fingerprint density at radius 1 is 0.313 bits per heavy atom. The predicted octanol–water partition coefficient (Wildman–Crippen LogP) is 16.2. The summed E-state index contributed by atoms with van der Waals surface area (Å²) in [6.07, 6.45) is 0. The lowest BCUT2D eigenvalue weighted by Crippen LogP contribution is -2.26. The molecule has 4 nitrogen and oxygen atoms in total. The Hall–Kier alpha value is -9.22. The quantitative estimate of drug-likeness (QED) is 0.156. The highest BCUT2D eigenvalue weighted by Gasteiger charge is 2.54. The van der Waals surface area contributed by atoms with Crippen molar-refractivity contribution in [2.45, 2.75) is 5.41 Å². The molecule has 67 heavy (non-hydrogen) atoms. The molecule has 1 spiro atoms. The van der Waals surface area contributed by atoms with Gasteiger partial charge in [0.05, 0.1) is 34.4 Å². The summed E-state index contributed by atoms with van der Waals surface area (Å²) in [7, 11) is 0. The van der Waals surface area contributed by atoms with Crippen LogP contribution in [0.4, 0.5) is 34.1 Å². The highest BCUT2D eigenvalue weighted by Crippen LogP contribution is 2.67. The summed E-state index contributed by atoms with van der Waals surface area (Å²) in [4.78, 5) is 4.64. The van der Waals surface area contributed by atoms with Gasteiger partial charge in [0.2, 0.25) is 0 Å². The van der Waals surface area contributed by atoms with Gasteiger partial charge in [0.25, 0.3) is 0 Å². The van der Waals surface area contributed by atoms with E-state index >= 15 is 0 Å². The number of nitriles is 2. The van der Waals surface area contributed by atoms with Crippen LogP contribution in [0, 0.1) is 22.7 Å². The minimum Gasteiger partial charge on any atom is -0.310 e. The molecule has 0 unspecified atom stereocenters. The van der Waals surface area contributed by atoms with E-state index in [4.69, 9.17) is 0 Å². The van der Waals surface area contributed by atoms with Crippen LogP contribution in [0.5, 0.6) is 0 Å². The van der Waals surface area contributed by atoms with Crippen molar-refractivity contribution in [2.24, 2.45) is 0 Å². The zero-order chi connectivity index (χ0) is 44.6. The fourth-order valence-corrected chi connectivity index (χ4v) is 11.4. The summed E-state index contributed by atoms with van der Waals surface area (Å²) >= 11 is 0. The zero-order valence-corrected chi connectivity index (χ0v) is 36.2. The molecule has 0 saturated heterocycles. The van der Waals surface area contributed by atoms with Crippen LogP contribution >= 0.6 is 0 Å². The number of fused-ring (bicyclic) bond motifs is 17. The molecule has 0 amide bonds. The molecule has 11 aromatic carbocycles. The topological polar surface area (TPSA) is 54.1 Å². The van der Waals surface area contributed by atoms with Crippen LogP contribution in [0.3, 0.4) is 0 Å². The molecule has 0 bridgehead atoms. The Bertz CT molecular complexity index is 3830. The number of para-hydroxylation sites is 2. The summed E-state index contributed by atoms with van der Waals surface area (Å²) in [5.74, 6) is 0. The van der Waals surface area contributed by atoms with Gasteiger partial charge >= 0.3 is 0 Å². The highest BCUT2D eigenvalue weighted by molar-refractivity contribution is 6.24. The summed E-state index contributed by atoms with van der Waals surface area (Å²) in [5.41, 5.74) is 16.7. The van der Waals surface area contributed by atoms with E-state index in [2.05, 4.69) is 210 Å². The largest absolute Gasteiger partial charge is 0.310 e. The molecule has 0 fully saturated rings. The first kappa shape index (κ1) is 38.3. The number of nitrogens with zero attached hydrogens (tertiary/aromatic N) is 4. The summed E-state index contributed by atoms with van der Waals surface area (Å²) in [6, 6.07) is 86.9. The molecular formula is C63H38N4. The minimum atomic E-state index is -0.695. The molecule has 0 radical (unpaired) electrons. The molecule has 0 N–H and O–H groups in total. The third-order valence-corrected chi connectivity index (χ3v) is 14.1. The first-order chi connectivity index (χ1) is 33.2. The smallest absolute Gasteiger partial charge is 0.0991 e. The summed E-state index contributed by atoms with van der Waals surface area (Å²) < 4.78 is 0. The van der Waals surface area contributed by atoms with Crippen molar-refractivity contribution >= 4 is 66.4 Å². The van der Waals surface area contributed by atoms with Crippen molar-refractivity contribution in [1.29, 1.82) is 10.5 Å². The van der Waals surface area contributed by atoms with Gasteiger partial charge in [-0.15, -0.1) is 0 Å². The number of hydrogen-bond acceptors (Lipinski definition) is 4. The third-order valence-electron chi connectivity index (χ3n) is 14.1. The molecule has 11 aromatic rings. The maximum Gasteiger partial charge on any atom is 0.0991 e. The molecule has 0 atom stereocenters. The lowest BCUT2D eigenvalue weighted by atomic mass is 9.69. The van der Waals surface area contributed by atoms with Gasteiger partial charge in [0.15, 0.2) is 0 Å². The van der Waals surface area contributed by atoms with Crippen molar-refractivity contribution in [3.63, 3.8) is 0 Å². The minimum absolute atomic E-state index is 0.620. The monoisotopic (exact) mass is 850 g/mol. The van der Waals surface area contributed by atoms with E-state index in [0.717, 1.165) is 39.5 Å². The second-order valence-corrected chi connectivity index (χ2v) is 17.4. The van der Waals surface area contributed by atoms with Crippen LogP contribution in [0.2, 0.25) is 0 Å². The van der Waals surface area contributed by atoms with Crippen LogP contribution in [-0.2, 0) is 5.41 Å². The lowest BCUT2D eigenvalue weighted by Gasteiger charge is -2.34. The Balaban J connectivity index is 1.18. The Labute approximate surface area is 388 Å². The van der Waals surface area contributed by atoms with Crippen LogP contribution < -0.4 is 9.80 Å². The molecular weight excluding hydrogens is 813 g/mol. The number of benzene rings is 11. The third kappa shape index (κ3) is 5.51. The van der Waals surface area contributed by atoms with Gasteiger partial charge in [0, 0.05) is 33.8 Å². The van der Waals surface area contributed by atoms with Crippen LogP contribution in [-0.4, -0.2) is 0 Å². The van der Waals surface area contributed by atoms with Crippen molar-refractivity contribution in [3.8, 4) is 34.4 Å². The fourth-order valence-electron chi connectivity index (χ4n) is 11.4. The lowest BCUT2D eigenvalue weighted by molar-refractivity contribution is 0.802. The Morgan fingerprint density at radius 2 is 0.761 bits per heavy atom. The van der Waals surface area contributed by atoms with Crippen LogP contribution in [0.1, 0.15) is 33.4 Å². The van der Waals surface area contributed by atoms with Crippen molar-refractivity contribution < 1.29 is 0 Å². The Kier molecular flexibility index (Phi) is 8.52. The Morgan fingerprint density at radius 3 is 1.34 bits per heavy atom. The fraction of sp³-hybridized carbons (Fsp3) is 0.0159. The SMILES string of the molecule is N#Cc1ccc(N(c2ccccc2)c2ccc3c4c(c5ccccc5c3c2)-c2c(cc(N(c3ccccc3)c3ccc(C#N)cc3)c3ccccc23)C42c3ccccc3-c3ccccc32)cc1. The maximum atomic E-state index is 9.85. The van der Waals surface area contributed by atoms with Gasteiger partial charge in [-0.25, -0.2) is 0 Å². The van der Waals surface area contributed by atoms with Gasteiger partial charge in [-0.2, -0.15) is 10.5 Å². The second kappa shape index (κ2) is 14.9. The molecule has 0 aliphatic heterocycles. The average Bonchev–Trinajstić information content (AvgIpc) is 3.88. The highest BCUT2D eigenvalue weighted by atomic mass is 15.1. The van der Waals surface area contributed by atoms with Crippen LogP contribution in [0.15, 0.2) is 231 Å². The van der Waals surface area contributed by atoms with Gasteiger partial charge in [-0.3, -0.25) is 0 Å². The molecule has 2 aliphatic rings. The standard InChI is InChI=1S/C63H38N4/c64-39-41-27-31-45(32-28-41)66(43-15-3-1-4-16-43)47-35-36-54-55(37-47)48-19-7-9-23-52(48)61-60-53-24-10-8-22-51(53)59(67(44-17-5-2-6-18-44)46-33-29-42(40-65)30-34-46)38-58(60)63(62(54)61)56-25-13-11-20-49(56)50-21-12-14-26-57(50)63/h1-38H. The molecule has 310 valence electrons. The molecule has 2 aliphatic carbocycles. The number of rotatable bonds is 6. The normalized spacial score (nSPS) is 12.6. The zero-order valence-electron chi connectivity index (χ0n) is 36.2.